The minimum atomic E-state index is -0.514. The van der Waals surface area contributed by atoms with Crippen LogP contribution in [-0.2, 0) is 33.4 Å². The molecule has 0 spiro atoms. The number of carbonyl (C=O) groups excluding carboxylic acids is 4. The van der Waals surface area contributed by atoms with Gasteiger partial charge in [0, 0.05) is 12.8 Å². The number of ether oxygens (including phenoxy) is 3. The van der Waals surface area contributed by atoms with E-state index in [9.17, 15) is 19.2 Å². The van der Waals surface area contributed by atoms with Crippen molar-refractivity contribution in [3.8, 4) is 0 Å². The Kier molecular flexibility index (Phi) is 15.6. The molecule has 0 N–H and O–H groups in total. The molecule has 0 aliphatic heterocycles. The summed E-state index contributed by atoms with van der Waals surface area (Å²) in [5.74, 6) is 0.346. The fraction of sp³-hybridized carbons (Fsp3) is 0.882. The van der Waals surface area contributed by atoms with Crippen LogP contribution in [0.1, 0.15) is 139 Å². The third-order valence-electron chi connectivity index (χ3n) is 8.26. The smallest absolute Gasteiger partial charge is 0.311 e. The first-order valence-electron chi connectivity index (χ1n) is 15.9. The van der Waals surface area contributed by atoms with Gasteiger partial charge in [0.05, 0.1) is 31.2 Å². The van der Waals surface area contributed by atoms with Crippen LogP contribution in [0.4, 0.5) is 0 Å². The maximum Gasteiger partial charge on any atom is 0.311 e. The molecule has 1 aliphatic carbocycles. The zero-order valence-electron chi connectivity index (χ0n) is 27.7. The molecule has 1 saturated carbocycles. The van der Waals surface area contributed by atoms with Crippen LogP contribution >= 0.6 is 0 Å². The zero-order valence-corrected chi connectivity index (χ0v) is 27.7. The number of rotatable bonds is 18. The van der Waals surface area contributed by atoms with Gasteiger partial charge in [0.2, 0.25) is 0 Å². The van der Waals surface area contributed by atoms with Gasteiger partial charge in [-0.1, -0.05) is 34.6 Å². The van der Waals surface area contributed by atoms with Gasteiger partial charge in [-0.15, -0.1) is 0 Å². The molecule has 0 aromatic carbocycles. The van der Waals surface area contributed by atoms with E-state index in [4.69, 9.17) is 14.2 Å². The quantitative estimate of drug-likeness (QED) is 0.0924. The molecule has 0 heterocycles. The van der Waals surface area contributed by atoms with E-state index in [2.05, 4.69) is 27.7 Å². The minimum absolute atomic E-state index is 0.0670. The summed E-state index contributed by atoms with van der Waals surface area (Å²) in [6.07, 6.45) is 9.84. The fourth-order valence-electron chi connectivity index (χ4n) is 6.47. The number of esters is 3. The molecule has 1 fully saturated rings. The van der Waals surface area contributed by atoms with Crippen molar-refractivity contribution in [3.05, 3.63) is 0 Å². The summed E-state index contributed by atoms with van der Waals surface area (Å²) in [4.78, 5) is 48.1. The first-order valence-corrected chi connectivity index (χ1v) is 15.9. The van der Waals surface area contributed by atoms with Crippen molar-refractivity contribution in [3.63, 3.8) is 0 Å². The third kappa shape index (κ3) is 16.3. The topological polar surface area (TPSA) is 96.0 Å². The van der Waals surface area contributed by atoms with Crippen molar-refractivity contribution in [2.45, 2.75) is 139 Å². The van der Waals surface area contributed by atoms with Crippen molar-refractivity contribution < 1.29 is 33.4 Å². The lowest BCUT2D eigenvalue weighted by atomic mass is 9.58. The van der Waals surface area contributed by atoms with Gasteiger partial charge in [-0.05, 0) is 115 Å². The molecule has 1 aliphatic rings. The summed E-state index contributed by atoms with van der Waals surface area (Å²) in [5, 5.41) is 0. The van der Waals surface area contributed by atoms with Gasteiger partial charge < -0.3 is 19.0 Å². The maximum absolute atomic E-state index is 12.4. The molecule has 0 saturated heterocycles. The highest BCUT2D eigenvalue weighted by Crippen LogP contribution is 2.51. The van der Waals surface area contributed by atoms with Crippen LogP contribution in [0, 0.1) is 34.0 Å². The van der Waals surface area contributed by atoms with Crippen molar-refractivity contribution in [2.24, 2.45) is 34.0 Å². The van der Waals surface area contributed by atoms with Gasteiger partial charge in [-0.3, -0.25) is 14.4 Å². The second-order valence-electron chi connectivity index (χ2n) is 15.0. The summed E-state index contributed by atoms with van der Waals surface area (Å²) in [7, 11) is 0. The molecular formula is C34H60O7. The number of hydrogen-bond acceptors (Lipinski definition) is 7. The average Bonchev–Trinajstić information content (AvgIpc) is 2.83. The molecule has 7 nitrogen and oxygen atoms in total. The van der Waals surface area contributed by atoms with E-state index in [0.717, 1.165) is 51.4 Å². The molecule has 41 heavy (non-hydrogen) atoms. The molecule has 0 bridgehead atoms. The normalized spacial score (nSPS) is 21.9. The van der Waals surface area contributed by atoms with Crippen LogP contribution in [0.3, 0.4) is 0 Å². The molecule has 0 radical (unpaired) electrons. The number of ketones is 1. The van der Waals surface area contributed by atoms with E-state index in [0.29, 0.717) is 57.3 Å². The van der Waals surface area contributed by atoms with E-state index < -0.39 is 5.41 Å². The minimum Gasteiger partial charge on any atom is -0.466 e. The second kappa shape index (κ2) is 17.3. The van der Waals surface area contributed by atoms with Crippen LogP contribution in [0.25, 0.3) is 0 Å². The van der Waals surface area contributed by atoms with Crippen LogP contribution in [0.15, 0.2) is 0 Å². The summed E-state index contributed by atoms with van der Waals surface area (Å²) < 4.78 is 16.2. The predicted molar refractivity (Wildman–Crippen MR) is 162 cm³/mol. The van der Waals surface area contributed by atoms with E-state index in [1.807, 2.05) is 27.7 Å². The third-order valence-corrected chi connectivity index (χ3v) is 8.26. The Balaban J connectivity index is 2.16. The van der Waals surface area contributed by atoms with Crippen LogP contribution < -0.4 is 0 Å². The Bertz CT molecular complexity index is 841. The molecule has 0 aromatic heterocycles. The number of Topliss-reactive ketones (excluding diaryl/α,β-unsaturated/α-hetero) is 1. The summed E-state index contributed by atoms with van der Waals surface area (Å²) in [5.41, 5.74) is -0.258. The van der Waals surface area contributed by atoms with E-state index in [-0.39, 0.29) is 40.4 Å². The van der Waals surface area contributed by atoms with Gasteiger partial charge in [0.1, 0.15) is 5.78 Å². The first-order chi connectivity index (χ1) is 18.9. The predicted octanol–water partition coefficient (Wildman–Crippen LogP) is 7.87. The van der Waals surface area contributed by atoms with Crippen molar-refractivity contribution in [1.29, 1.82) is 0 Å². The highest BCUT2D eigenvalue weighted by atomic mass is 16.5. The van der Waals surface area contributed by atoms with Crippen LogP contribution in [-0.4, -0.2) is 43.5 Å². The maximum atomic E-state index is 12.4. The van der Waals surface area contributed by atoms with Crippen molar-refractivity contribution in [1.82, 2.24) is 0 Å². The highest BCUT2D eigenvalue weighted by molar-refractivity contribution is 5.76. The molecule has 4 atom stereocenters. The monoisotopic (exact) mass is 580 g/mol. The lowest BCUT2D eigenvalue weighted by Gasteiger charge is -2.46. The Morgan fingerprint density at radius 1 is 0.829 bits per heavy atom. The van der Waals surface area contributed by atoms with E-state index in [1.54, 1.807) is 6.92 Å². The molecule has 4 unspecified atom stereocenters. The highest BCUT2D eigenvalue weighted by Gasteiger charge is 2.41. The number of carbonyl (C=O) groups is 4. The van der Waals surface area contributed by atoms with Crippen molar-refractivity contribution >= 4 is 23.7 Å². The van der Waals surface area contributed by atoms with Crippen molar-refractivity contribution in [2.75, 3.05) is 19.8 Å². The standard InChI is InChI=1S/C34H60O7/c1-25(14-11-19-40-30(37)26(2)15-12-20-41-31(38)32(4,5)6)13-10-18-39-29(36)16-17-34(9)23-28(21-27(3)35)22-33(7,8)24-34/h25-26,28H,10-24H2,1-9H3. The summed E-state index contributed by atoms with van der Waals surface area (Å²) >= 11 is 0. The largest absolute Gasteiger partial charge is 0.466 e. The Hall–Kier alpha value is -1.92. The SMILES string of the molecule is CC(=O)CC1CC(C)(C)CC(C)(CCC(=O)OCCCC(C)CCCOC(=O)C(C)CCCOC(=O)C(C)(C)C)C1. The van der Waals surface area contributed by atoms with Gasteiger partial charge in [-0.2, -0.15) is 0 Å². The molecule has 0 amide bonds. The van der Waals surface area contributed by atoms with E-state index in [1.165, 1.54) is 0 Å². The molecule has 238 valence electrons. The molecular weight excluding hydrogens is 520 g/mol. The lowest BCUT2D eigenvalue weighted by Crippen LogP contribution is -2.36. The Morgan fingerprint density at radius 2 is 1.39 bits per heavy atom. The average molecular weight is 581 g/mol. The Morgan fingerprint density at radius 3 is 1.98 bits per heavy atom. The number of hydrogen-bond donors (Lipinski definition) is 0. The summed E-state index contributed by atoms with van der Waals surface area (Å²) in [6.45, 7) is 19.1. The lowest BCUT2D eigenvalue weighted by molar-refractivity contribution is -0.153. The second-order valence-corrected chi connectivity index (χ2v) is 15.0. The van der Waals surface area contributed by atoms with Gasteiger partial charge in [-0.25, -0.2) is 0 Å². The van der Waals surface area contributed by atoms with Gasteiger partial charge >= 0.3 is 17.9 Å². The first kappa shape index (κ1) is 37.1. The molecule has 1 rings (SSSR count). The van der Waals surface area contributed by atoms with Crippen LogP contribution in [0.2, 0.25) is 0 Å². The Labute approximate surface area is 250 Å². The molecule has 7 heteroatoms. The van der Waals surface area contributed by atoms with Gasteiger partial charge in [0.25, 0.3) is 0 Å². The fourth-order valence-corrected chi connectivity index (χ4v) is 6.47. The zero-order chi connectivity index (χ0) is 31.3. The molecule has 0 aromatic rings. The summed E-state index contributed by atoms with van der Waals surface area (Å²) in [6, 6.07) is 0. The van der Waals surface area contributed by atoms with Crippen LogP contribution in [0.5, 0.6) is 0 Å². The van der Waals surface area contributed by atoms with E-state index >= 15 is 0 Å². The van der Waals surface area contributed by atoms with Gasteiger partial charge in [0.15, 0.2) is 0 Å².